The topological polar surface area (TPSA) is 63.0 Å². The Morgan fingerprint density at radius 2 is 2.19 bits per heavy atom. The minimum atomic E-state index is 0.523. The summed E-state index contributed by atoms with van der Waals surface area (Å²) in [5, 5.41) is 14.2. The zero-order valence-corrected chi connectivity index (χ0v) is 10.8. The highest BCUT2D eigenvalue weighted by molar-refractivity contribution is 7.98. The molecule has 0 aromatic carbocycles. The Morgan fingerprint density at radius 3 is 2.94 bits per heavy atom. The van der Waals surface area contributed by atoms with Crippen molar-refractivity contribution in [3.8, 4) is 0 Å². The largest absolute Gasteiger partial charge is 0.407 e. The molecule has 1 heterocycles. The van der Waals surface area contributed by atoms with Gasteiger partial charge in [-0.15, -0.1) is 5.10 Å². The van der Waals surface area contributed by atoms with Gasteiger partial charge in [-0.1, -0.05) is 12.0 Å². The second-order valence-corrected chi connectivity index (χ2v) is 4.44. The van der Waals surface area contributed by atoms with Crippen LogP contribution in [0.15, 0.2) is 4.42 Å². The maximum Gasteiger partial charge on any atom is 0.315 e. The van der Waals surface area contributed by atoms with E-state index in [2.05, 4.69) is 34.0 Å². The molecule has 0 unspecified atom stereocenters. The summed E-state index contributed by atoms with van der Waals surface area (Å²) in [6.07, 6.45) is 4.31. The standard InChI is InChI=1S/C10H20N4OS/c1-3-5-11-8-9-13-14-10(15-9)12-6-4-7-16-2/h11H,3-8H2,1-2H3,(H,12,14). The van der Waals surface area contributed by atoms with Gasteiger partial charge in [-0.05, 0) is 31.4 Å². The lowest BCUT2D eigenvalue weighted by molar-refractivity contribution is 0.477. The van der Waals surface area contributed by atoms with Crippen molar-refractivity contribution in [2.24, 2.45) is 0 Å². The van der Waals surface area contributed by atoms with E-state index in [-0.39, 0.29) is 0 Å². The molecule has 6 heteroatoms. The van der Waals surface area contributed by atoms with Crippen LogP contribution in [0.5, 0.6) is 0 Å². The summed E-state index contributed by atoms with van der Waals surface area (Å²) >= 11 is 1.84. The fourth-order valence-electron chi connectivity index (χ4n) is 1.18. The van der Waals surface area contributed by atoms with Crippen LogP contribution in [0.25, 0.3) is 0 Å². The van der Waals surface area contributed by atoms with Crippen LogP contribution >= 0.6 is 11.8 Å². The van der Waals surface area contributed by atoms with Gasteiger partial charge in [0.1, 0.15) is 0 Å². The second-order valence-electron chi connectivity index (χ2n) is 3.45. The van der Waals surface area contributed by atoms with Crippen molar-refractivity contribution < 1.29 is 4.42 Å². The van der Waals surface area contributed by atoms with E-state index in [0.717, 1.165) is 31.7 Å². The predicted octanol–water partition coefficient (Wildman–Crippen LogP) is 1.73. The van der Waals surface area contributed by atoms with Gasteiger partial charge >= 0.3 is 6.01 Å². The van der Waals surface area contributed by atoms with Crippen molar-refractivity contribution in [3.63, 3.8) is 0 Å². The minimum absolute atomic E-state index is 0.523. The fourth-order valence-corrected chi connectivity index (χ4v) is 1.61. The Labute approximate surface area is 101 Å². The van der Waals surface area contributed by atoms with Crippen molar-refractivity contribution >= 4 is 17.8 Å². The Bertz CT molecular complexity index is 280. The van der Waals surface area contributed by atoms with Gasteiger partial charge < -0.3 is 15.1 Å². The minimum Gasteiger partial charge on any atom is -0.407 e. The van der Waals surface area contributed by atoms with Crippen molar-refractivity contribution in [2.45, 2.75) is 26.3 Å². The molecule has 0 amide bonds. The molecule has 1 rings (SSSR count). The summed E-state index contributed by atoms with van der Waals surface area (Å²) in [6.45, 7) is 4.62. The molecule has 0 bridgehead atoms. The van der Waals surface area contributed by atoms with Gasteiger partial charge in [-0.25, -0.2) is 0 Å². The van der Waals surface area contributed by atoms with E-state index in [1.807, 2.05) is 11.8 Å². The zero-order valence-electron chi connectivity index (χ0n) is 9.95. The molecule has 0 saturated heterocycles. The van der Waals surface area contributed by atoms with Gasteiger partial charge in [-0.2, -0.15) is 11.8 Å². The van der Waals surface area contributed by atoms with Crippen molar-refractivity contribution in [1.82, 2.24) is 15.5 Å². The van der Waals surface area contributed by atoms with Gasteiger partial charge in [0.25, 0.3) is 0 Å². The number of nitrogens with one attached hydrogen (secondary N) is 2. The first-order valence-electron chi connectivity index (χ1n) is 5.62. The Balaban J connectivity index is 2.17. The van der Waals surface area contributed by atoms with Gasteiger partial charge in [0, 0.05) is 6.54 Å². The highest BCUT2D eigenvalue weighted by Gasteiger charge is 2.03. The summed E-state index contributed by atoms with van der Waals surface area (Å²) in [5.74, 6) is 1.78. The van der Waals surface area contributed by atoms with Crippen LogP contribution in [-0.4, -0.2) is 35.3 Å². The Morgan fingerprint density at radius 1 is 1.31 bits per heavy atom. The molecule has 5 nitrogen and oxygen atoms in total. The van der Waals surface area contributed by atoms with Gasteiger partial charge in [-0.3, -0.25) is 0 Å². The molecule has 0 fully saturated rings. The quantitative estimate of drug-likeness (QED) is 0.645. The van der Waals surface area contributed by atoms with Crippen LogP contribution in [0.2, 0.25) is 0 Å². The molecule has 2 N–H and O–H groups in total. The number of thioether (sulfide) groups is 1. The van der Waals surface area contributed by atoms with Crippen LogP contribution in [0, 0.1) is 0 Å². The summed E-state index contributed by atoms with van der Waals surface area (Å²) in [7, 11) is 0. The molecule has 0 aliphatic rings. The molecule has 0 saturated carbocycles. The smallest absolute Gasteiger partial charge is 0.315 e. The third-order valence-corrected chi connectivity index (χ3v) is 2.67. The van der Waals surface area contributed by atoms with Crippen LogP contribution < -0.4 is 10.6 Å². The van der Waals surface area contributed by atoms with E-state index < -0.39 is 0 Å². The average Bonchev–Trinajstić information content (AvgIpc) is 2.73. The first-order chi connectivity index (χ1) is 7.86. The molecular weight excluding hydrogens is 224 g/mol. The van der Waals surface area contributed by atoms with E-state index in [0.29, 0.717) is 18.5 Å². The summed E-state index contributed by atoms with van der Waals surface area (Å²) in [4.78, 5) is 0. The van der Waals surface area contributed by atoms with Gasteiger partial charge in [0.15, 0.2) is 0 Å². The Hall–Kier alpha value is -0.750. The summed E-state index contributed by atoms with van der Waals surface area (Å²) in [5.41, 5.74) is 0. The Kier molecular flexibility index (Phi) is 7.00. The lowest BCUT2D eigenvalue weighted by atomic mass is 10.5. The van der Waals surface area contributed by atoms with Gasteiger partial charge in [0.2, 0.25) is 5.89 Å². The van der Waals surface area contributed by atoms with Crippen molar-refractivity contribution in [2.75, 3.05) is 30.4 Å². The third-order valence-electron chi connectivity index (χ3n) is 1.97. The molecule has 0 atom stereocenters. The third kappa shape index (κ3) is 5.37. The number of nitrogens with zero attached hydrogens (tertiary/aromatic N) is 2. The first-order valence-corrected chi connectivity index (χ1v) is 7.02. The van der Waals surface area contributed by atoms with Crippen LogP contribution in [0.1, 0.15) is 25.7 Å². The molecule has 92 valence electrons. The maximum absolute atomic E-state index is 5.41. The van der Waals surface area contributed by atoms with Crippen LogP contribution in [0.4, 0.5) is 6.01 Å². The SMILES string of the molecule is CCCNCc1nnc(NCCCSC)o1. The van der Waals surface area contributed by atoms with E-state index in [9.17, 15) is 0 Å². The van der Waals surface area contributed by atoms with E-state index in [4.69, 9.17) is 4.42 Å². The lowest BCUT2D eigenvalue weighted by Crippen LogP contribution is -2.13. The molecule has 0 spiro atoms. The molecule has 0 aliphatic carbocycles. The average molecular weight is 244 g/mol. The van der Waals surface area contributed by atoms with Crippen molar-refractivity contribution in [3.05, 3.63) is 5.89 Å². The highest BCUT2D eigenvalue weighted by Crippen LogP contribution is 2.05. The lowest BCUT2D eigenvalue weighted by Gasteiger charge is -1.99. The monoisotopic (exact) mass is 244 g/mol. The molecule has 0 radical (unpaired) electrons. The van der Waals surface area contributed by atoms with Crippen molar-refractivity contribution in [1.29, 1.82) is 0 Å². The molecule has 1 aromatic rings. The number of anilines is 1. The van der Waals surface area contributed by atoms with E-state index in [1.54, 1.807) is 0 Å². The predicted molar refractivity (Wildman–Crippen MR) is 67.8 cm³/mol. The molecule has 16 heavy (non-hydrogen) atoms. The fraction of sp³-hybridized carbons (Fsp3) is 0.800. The number of hydrogen-bond donors (Lipinski definition) is 2. The van der Waals surface area contributed by atoms with E-state index >= 15 is 0 Å². The van der Waals surface area contributed by atoms with Gasteiger partial charge in [0.05, 0.1) is 6.54 Å². The summed E-state index contributed by atoms with van der Waals surface area (Å²) in [6, 6.07) is 0.523. The summed E-state index contributed by atoms with van der Waals surface area (Å²) < 4.78 is 5.41. The number of aromatic nitrogens is 2. The highest BCUT2D eigenvalue weighted by atomic mass is 32.2. The van der Waals surface area contributed by atoms with E-state index in [1.165, 1.54) is 0 Å². The normalized spacial score (nSPS) is 10.6. The number of rotatable bonds is 9. The maximum atomic E-state index is 5.41. The second kappa shape index (κ2) is 8.41. The number of hydrogen-bond acceptors (Lipinski definition) is 6. The molecule has 0 aliphatic heterocycles. The molecular formula is C10H20N4OS. The zero-order chi connectivity index (χ0) is 11.6. The molecule has 1 aromatic heterocycles. The first kappa shape index (κ1) is 13.3. The van der Waals surface area contributed by atoms with Crippen LogP contribution in [0.3, 0.4) is 0 Å². The van der Waals surface area contributed by atoms with Crippen LogP contribution in [-0.2, 0) is 6.54 Å².